The lowest BCUT2D eigenvalue weighted by Gasteiger charge is -2.32. The maximum atomic E-state index is 12.3. The van der Waals surface area contributed by atoms with Crippen LogP contribution in [0.1, 0.15) is 0 Å². The lowest BCUT2D eigenvalue weighted by atomic mass is 10.2. The van der Waals surface area contributed by atoms with Gasteiger partial charge in [-0.2, -0.15) is 4.98 Å². The summed E-state index contributed by atoms with van der Waals surface area (Å²) in [5.41, 5.74) is 0.281. The van der Waals surface area contributed by atoms with Crippen molar-refractivity contribution in [3.63, 3.8) is 0 Å². The molecule has 0 amide bonds. The van der Waals surface area contributed by atoms with E-state index in [1.807, 2.05) is 24.3 Å². The van der Waals surface area contributed by atoms with Crippen LogP contribution in [0.3, 0.4) is 0 Å². The molecule has 2 N–H and O–H groups in total. The molecule has 3 aromatic rings. The average Bonchev–Trinajstić information content (AvgIpc) is 2.99. The molecule has 1 atom stereocenters. The van der Waals surface area contributed by atoms with Crippen molar-refractivity contribution in [2.45, 2.75) is 12.6 Å². The van der Waals surface area contributed by atoms with Crippen LogP contribution in [-0.2, 0) is 13.6 Å². The number of aliphatic hydroxyl groups is 1. The molecule has 0 saturated heterocycles. The Balaban J connectivity index is 1.99. The summed E-state index contributed by atoms with van der Waals surface area (Å²) < 4.78 is 8.19. The predicted molar refractivity (Wildman–Crippen MR) is 91.6 cm³/mol. The average molecular weight is 343 g/mol. The SMILES string of the molecule is COc1cccc(N2C[C@@H](O)Cn3c2nc2c3c(=O)[nH]c(=O)n2C)c1. The van der Waals surface area contributed by atoms with E-state index in [0.717, 1.165) is 5.69 Å². The summed E-state index contributed by atoms with van der Waals surface area (Å²) in [7, 11) is 3.13. The quantitative estimate of drug-likeness (QED) is 0.676. The zero-order chi connectivity index (χ0) is 17.7. The highest BCUT2D eigenvalue weighted by molar-refractivity contribution is 5.77. The summed E-state index contributed by atoms with van der Waals surface area (Å²) in [5.74, 6) is 1.17. The second-order valence-electron chi connectivity index (χ2n) is 5.98. The van der Waals surface area contributed by atoms with Gasteiger partial charge >= 0.3 is 5.69 Å². The van der Waals surface area contributed by atoms with Crippen molar-refractivity contribution < 1.29 is 9.84 Å². The number of hydrogen-bond donors (Lipinski definition) is 2. The molecule has 0 aliphatic carbocycles. The number of fused-ring (bicyclic) bond motifs is 3. The van der Waals surface area contributed by atoms with Gasteiger partial charge in [0.2, 0.25) is 5.95 Å². The molecule has 130 valence electrons. The van der Waals surface area contributed by atoms with Crippen molar-refractivity contribution in [1.82, 2.24) is 19.1 Å². The summed E-state index contributed by atoms with van der Waals surface area (Å²) in [6, 6.07) is 7.35. The molecular formula is C16H17N5O4. The maximum absolute atomic E-state index is 12.3. The standard InChI is InChI=1S/C16H17N5O4/c1-19-13-12(14(23)18-16(19)24)21-8-10(22)7-20(15(21)17-13)9-4-3-5-11(6-9)25-2/h3-6,10,22H,7-8H2,1-2H3,(H,18,23,24)/t10-/m1/s1. The molecular weight excluding hydrogens is 326 g/mol. The summed E-state index contributed by atoms with van der Waals surface area (Å²) in [6.45, 7) is 0.552. The number of hydrogen-bond acceptors (Lipinski definition) is 6. The first-order chi connectivity index (χ1) is 12.0. The van der Waals surface area contributed by atoms with E-state index in [1.54, 1.807) is 23.6 Å². The first kappa shape index (κ1) is 15.5. The fourth-order valence-corrected chi connectivity index (χ4v) is 3.16. The van der Waals surface area contributed by atoms with Gasteiger partial charge in [-0.1, -0.05) is 6.07 Å². The number of β-amino-alcohol motifs (C(OH)–C–C–N with tert-alkyl or cyclic N) is 1. The second-order valence-corrected chi connectivity index (χ2v) is 5.98. The molecule has 3 heterocycles. The number of aliphatic hydroxyl groups excluding tert-OH is 1. The van der Waals surface area contributed by atoms with Crippen LogP contribution in [0.25, 0.3) is 11.2 Å². The van der Waals surface area contributed by atoms with Crippen LogP contribution < -0.4 is 20.9 Å². The Morgan fingerprint density at radius 3 is 2.88 bits per heavy atom. The Kier molecular flexibility index (Phi) is 3.39. The smallest absolute Gasteiger partial charge is 0.329 e. The largest absolute Gasteiger partial charge is 0.497 e. The molecule has 1 aromatic carbocycles. The Hall–Kier alpha value is -3.07. The minimum absolute atomic E-state index is 0.230. The number of ether oxygens (including phenoxy) is 1. The van der Waals surface area contributed by atoms with Crippen LogP contribution in [0.15, 0.2) is 33.9 Å². The first-order valence-electron chi connectivity index (χ1n) is 7.79. The number of nitrogens with zero attached hydrogens (tertiary/aromatic N) is 4. The molecule has 4 rings (SSSR count). The van der Waals surface area contributed by atoms with Gasteiger partial charge in [-0.25, -0.2) is 4.79 Å². The fourth-order valence-electron chi connectivity index (χ4n) is 3.16. The van der Waals surface area contributed by atoms with Crippen LogP contribution in [-0.4, -0.2) is 44.0 Å². The van der Waals surface area contributed by atoms with Gasteiger partial charge in [0.1, 0.15) is 5.75 Å². The van der Waals surface area contributed by atoms with Crippen molar-refractivity contribution in [1.29, 1.82) is 0 Å². The molecule has 0 radical (unpaired) electrons. The Morgan fingerprint density at radius 2 is 2.12 bits per heavy atom. The molecule has 0 unspecified atom stereocenters. The molecule has 1 aliphatic rings. The van der Waals surface area contributed by atoms with Gasteiger partial charge in [0, 0.05) is 18.8 Å². The molecule has 1 aliphatic heterocycles. The number of aryl methyl sites for hydroxylation is 1. The number of aromatic amines is 1. The summed E-state index contributed by atoms with van der Waals surface area (Å²) in [6.07, 6.45) is -0.687. The highest BCUT2D eigenvalue weighted by atomic mass is 16.5. The Labute approximate surface area is 141 Å². The van der Waals surface area contributed by atoms with Crippen LogP contribution in [0.5, 0.6) is 5.75 Å². The first-order valence-corrected chi connectivity index (χ1v) is 7.79. The van der Waals surface area contributed by atoms with Gasteiger partial charge in [0.15, 0.2) is 11.2 Å². The third-order valence-corrected chi connectivity index (χ3v) is 4.38. The van der Waals surface area contributed by atoms with Crippen molar-refractivity contribution >= 4 is 22.8 Å². The van der Waals surface area contributed by atoms with Gasteiger partial charge in [0.25, 0.3) is 5.56 Å². The number of benzene rings is 1. The maximum Gasteiger partial charge on any atom is 0.329 e. The highest BCUT2D eigenvalue weighted by Gasteiger charge is 2.29. The van der Waals surface area contributed by atoms with Crippen LogP contribution in [0.4, 0.5) is 11.6 Å². The third-order valence-electron chi connectivity index (χ3n) is 4.38. The number of H-pyrrole nitrogens is 1. The van der Waals surface area contributed by atoms with Crippen LogP contribution in [0, 0.1) is 0 Å². The minimum atomic E-state index is -0.687. The number of methoxy groups -OCH3 is 1. The molecule has 0 bridgehead atoms. The summed E-state index contributed by atoms with van der Waals surface area (Å²) in [4.78, 5) is 32.7. The number of nitrogens with one attached hydrogen (secondary N) is 1. The Morgan fingerprint density at radius 1 is 1.32 bits per heavy atom. The lowest BCUT2D eigenvalue weighted by Crippen LogP contribution is -2.39. The monoisotopic (exact) mass is 343 g/mol. The number of imidazole rings is 1. The van der Waals surface area contributed by atoms with Crippen molar-refractivity contribution in [3.8, 4) is 5.75 Å². The molecule has 0 spiro atoms. The number of rotatable bonds is 2. The van der Waals surface area contributed by atoms with Gasteiger partial charge in [-0.05, 0) is 12.1 Å². The van der Waals surface area contributed by atoms with E-state index >= 15 is 0 Å². The Bertz CT molecular complexity index is 1080. The lowest BCUT2D eigenvalue weighted by molar-refractivity contribution is 0.154. The van der Waals surface area contributed by atoms with E-state index < -0.39 is 17.4 Å². The number of aromatic nitrogens is 4. The van der Waals surface area contributed by atoms with Gasteiger partial charge in [-0.15, -0.1) is 0 Å². The van der Waals surface area contributed by atoms with Crippen LogP contribution >= 0.6 is 0 Å². The molecule has 0 saturated carbocycles. The molecule has 9 heteroatoms. The summed E-state index contributed by atoms with van der Waals surface area (Å²) in [5, 5.41) is 10.3. The molecule has 0 fully saturated rings. The van der Waals surface area contributed by atoms with E-state index in [-0.39, 0.29) is 17.7 Å². The zero-order valence-electron chi connectivity index (χ0n) is 13.8. The van der Waals surface area contributed by atoms with E-state index in [0.29, 0.717) is 18.2 Å². The van der Waals surface area contributed by atoms with E-state index in [9.17, 15) is 14.7 Å². The van der Waals surface area contributed by atoms with Crippen LogP contribution in [0.2, 0.25) is 0 Å². The molecule has 25 heavy (non-hydrogen) atoms. The predicted octanol–water partition coefficient (Wildman–Crippen LogP) is -0.0555. The fraction of sp³-hybridized carbons (Fsp3) is 0.312. The van der Waals surface area contributed by atoms with Crippen molar-refractivity contribution in [2.75, 3.05) is 18.6 Å². The zero-order valence-corrected chi connectivity index (χ0v) is 13.8. The van der Waals surface area contributed by atoms with Crippen molar-refractivity contribution in [3.05, 3.63) is 45.1 Å². The molecule has 2 aromatic heterocycles. The third kappa shape index (κ3) is 2.31. The van der Waals surface area contributed by atoms with Gasteiger partial charge in [0.05, 0.1) is 26.3 Å². The normalized spacial score (nSPS) is 16.9. The topological polar surface area (TPSA) is 105 Å². The number of anilines is 2. The van der Waals surface area contributed by atoms with E-state index in [1.165, 1.54) is 4.57 Å². The second kappa shape index (κ2) is 5.49. The summed E-state index contributed by atoms with van der Waals surface area (Å²) >= 11 is 0. The highest BCUT2D eigenvalue weighted by Crippen LogP contribution is 2.32. The minimum Gasteiger partial charge on any atom is -0.497 e. The van der Waals surface area contributed by atoms with E-state index in [2.05, 4.69) is 9.97 Å². The van der Waals surface area contributed by atoms with Gasteiger partial charge < -0.3 is 19.3 Å². The van der Waals surface area contributed by atoms with Crippen molar-refractivity contribution in [2.24, 2.45) is 7.05 Å². The molecule has 9 nitrogen and oxygen atoms in total. The van der Waals surface area contributed by atoms with E-state index in [4.69, 9.17) is 4.74 Å². The van der Waals surface area contributed by atoms with Gasteiger partial charge in [-0.3, -0.25) is 14.3 Å².